The lowest BCUT2D eigenvalue weighted by Crippen LogP contribution is -2.17. The summed E-state index contributed by atoms with van der Waals surface area (Å²) in [6.07, 6.45) is 2.38. The van der Waals surface area contributed by atoms with Crippen LogP contribution in [0.5, 0.6) is 0 Å². The molecule has 104 valence electrons. The first-order valence-corrected chi connectivity index (χ1v) is 6.64. The highest BCUT2D eigenvalue weighted by atomic mass is 16.1. The number of amides is 1. The fourth-order valence-electron chi connectivity index (χ4n) is 1.63. The van der Waals surface area contributed by atoms with Crippen LogP contribution >= 0.6 is 0 Å². The summed E-state index contributed by atoms with van der Waals surface area (Å²) in [5, 5.41) is 6.02. The van der Waals surface area contributed by atoms with Crippen molar-refractivity contribution in [3.05, 3.63) is 48.4 Å². The van der Waals surface area contributed by atoms with Gasteiger partial charge in [-0.2, -0.15) is 0 Å². The second-order valence-corrected chi connectivity index (χ2v) is 4.56. The summed E-state index contributed by atoms with van der Waals surface area (Å²) >= 11 is 0. The van der Waals surface area contributed by atoms with E-state index in [9.17, 15) is 4.79 Å². The maximum Gasteiger partial charge on any atom is 0.274 e. The lowest BCUT2D eigenvalue weighted by molar-refractivity contribution is 0.102. The van der Waals surface area contributed by atoms with Gasteiger partial charge in [-0.15, -0.1) is 0 Å². The molecule has 2 rings (SSSR count). The molecule has 0 aliphatic heterocycles. The van der Waals surface area contributed by atoms with E-state index >= 15 is 0 Å². The summed E-state index contributed by atoms with van der Waals surface area (Å²) < 4.78 is 0. The third kappa shape index (κ3) is 3.78. The predicted molar refractivity (Wildman–Crippen MR) is 79.8 cm³/mol. The number of hydrogen-bond acceptors (Lipinski definition) is 4. The van der Waals surface area contributed by atoms with E-state index in [1.165, 1.54) is 6.33 Å². The van der Waals surface area contributed by atoms with Gasteiger partial charge >= 0.3 is 0 Å². The molecule has 20 heavy (non-hydrogen) atoms. The first-order chi connectivity index (χ1) is 9.69. The third-order valence-electron chi connectivity index (χ3n) is 2.94. The Morgan fingerprint density at radius 3 is 2.70 bits per heavy atom. The summed E-state index contributed by atoms with van der Waals surface area (Å²) in [6, 6.07) is 11.3. The zero-order chi connectivity index (χ0) is 14.4. The maximum atomic E-state index is 12.1. The Hall–Kier alpha value is -2.43. The van der Waals surface area contributed by atoms with Crippen LogP contribution in [0.3, 0.4) is 0 Å². The molecule has 0 aliphatic rings. The molecule has 1 amide bonds. The van der Waals surface area contributed by atoms with E-state index in [4.69, 9.17) is 0 Å². The van der Waals surface area contributed by atoms with Crippen molar-refractivity contribution in [2.24, 2.45) is 0 Å². The summed E-state index contributed by atoms with van der Waals surface area (Å²) in [5.74, 6) is 0.415. The number of para-hydroxylation sites is 1. The molecule has 5 heteroatoms. The monoisotopic (exact) mass is 270 g/mol. The van der Waals surface area contributed by atoms with Gasteiger partial charge in [-0.25, -0.2) is 9.97 Å². The molecule has 1 aromatic carbocycles. The van der Waals surface area contributed by atoms with Crippen LogP contribution in [0.1, 0.15) is 30.8 Å². The highest BCUT2D eigenvalue weighted by Gasteiger charge is 2.09. The van der Waals surface area contributed by atoms with Gasteiger partial charge in [0.2, 0.25) is 0 Å². The van der Waals surface area contributed by atoms with Crippen LogP contribution in [0.4, 0.5) is 11.5 Å². The van der Waals surface area contributed by atoms with Gasteiger partial charge in [0.15, 0.2) is 0 Å². The molecular weight excluding hydrogens is 252 g/mol. The lowest BCUT2D eigenvalue weighted by atomic mass is 10.2. The van der Waals surface area contributed by atoms with E-state index in [0.29, 0.717) is 17.6 Å². The number of carbonyl (C=O) groups is 1. The molecule has 5 nitrogen and oxygen atoms in total. The molecule has 2 N–H and O–H groups in total. The Balaban J connectivity index is 2.08. The molecular formula is C15H18N4O. The number of benzene rings is 1. The number of rotatable bonds is 5. The van der Waals surface area contributed by atoms with Crippen molar-refractivity contribution in [2.75, 3.05) is 10.6 Å². The van der Waals surface area contributed by atoms with Crippen molar-refractivity contribution in [2.45, 2.75) is 26.3 Å². The second-order valence-electron chi connectivity index (χ2n) is 4.56. The molecule has 2 aromatic rings. The van der Waals surface area contributed by atoms with E-state index < -0.39 is 0 Å². The van der Waals surface area contributed by atoms with Gasteiger partial charge in [-0.05, 0) is 25.5 Å². The molecule has 0 radical (unpaired) electrons. The van der Waals surface area contributed by atoms with Crippen LogP contribution < -0.4 is 10.6 Å². The maximum absolute atomic E-state index is 12.1. The minimum absolute atomic E-state index is 0.245. The summed E-state index contributed by atoms with van der Waals surface area (Å²) in [7, 11) is 0. The van der Waals surface area contributed by atoms with Crippen LogP contribution in [-0.2, 0) is 0 Å². The summed E-state index contributed by atoms with van der Waals surface area (Å²) in [5.41, 5.74) is 1.09. The van der Waals surface area contributed by atoms with Crippen molar-refractivity contribution >= 4 is 17.4 Å². The van der Waals surface area contributed by atoms with Crippen LogP contribution in [0.15, 0.2) is 42.7 Å². The van der Waals surface area contributed by atoms with Crippen LogP contribution in [0.2, 0.25) is 0 Å². The Labute approximate surface area is 118 Å². The molecule has 1 atom stereocenters. The van der Waals surface area contributed by atoms with Gasteiger partial charge in [0.1, 0.15) is 17.8 Å². The number of aromatic nitrogens is 2. The first kappa shape index (κ1) is 14.0. The normalized spacial score (nSPS) is 11.7. The number of nitrogens with one attached hydrogen (secondary N) is 2. The predicted octanol–water partition coefficient (Wildman–Crippen LogP) is 2.94. The summed E-state index contributed by atoms with van der Waals surface area (Å²) in [6.45, 7) is 4.15. The fourth-order valence-corrected chi connectivity index (χ4v) is 1.63. The van der Waals surface area contributed by atoms with Crippen LogP contribution in [-0.4, -0.2) is 21.9 Å². The van der Waals surface area contributed by atoms with E-state index in [-0.39, 0.29) is 5.91 Å². The van der Waals surface area contributed by atoms with Gasteiger partial charge < -0.3 is 10.6 Å². The van der Waals surface area contributed by atoms with Crippen molar-refractivity contribution < 1.29 is 4.79 Å². The van der Waals surface area contributed by atoms with E-state index in [0.717, 1.165) is 12.1 Å². The molecule has 1 aromatic heterocycles. The van der Waals surface area contributed by atoms with Gasteiger partial charge in [-0.1, -0.05) is 25.1 Å². The minimum Gasteiger partial charge on any atom is -0.368 e. The molecule has 0 fully saturated rings. The molecule has 0 aliphatic carbocycles. The molecule has 0 saturated heterocycles. The Bertz CT molecular complexity index is 571. The van der Waals surface area contributed by atoms with Gasteiger partial charge in [0.25, 0.3) is 5.91 Å². The topological polar surface area (TPSA) is 66.9 Å². The van der Waals surface area contributed by atoms with Gasteiger partial charge in [0, 0.05) is 17.8 Å². The number of nitrogens with zero attached hydrogens (tertiary/aromatic N) is 2. The average molecular weight is 270 g/mol. The number of carbonyl (C=O) groups excluding carboxylic acids is 1. The molecule has 0 bridgehead atoms. The number of hydrogen-bond donors (Lipinski definition) is 2. The Morgan fingerprint density at radius 1 is 1.25 bits per heavy atom. The van der Waals surface area contributed by atoms with E-state index in [1.807, 2.05) is 30.3 Å². The smallest absolute Gasteiger partial charge is 0.274 e. The Kier molecular flexibility index (Phi) is 4.65. The van der Waals surface area contributed by atoms with Crippen LogP contribution in [0, 0.1) is 0 Å². The average Bonchev–Trinajstić information content (AvgIpc) is 2.48. The van der Waals surface area contributed by atoms with Gasteiger partial charge in [-0.3, -0.25) is 4.79 Å². The molecule has 1 unspecified atom stereocenters. The second kappa shape index (κ2) is 6.65. The molecule has 0 spiro atoms. The molecule has 0 saturated carbocycles. The van der Waals surface area contributed by atoms with Crippen LogP contribution in [0.25, 0.3) is 0 Å². The first-order valence-electron chi connectivity index (χ1n) is 6.64. The van der Waals surface area contributed by atoms with E-state index in [2.05, 4.69) is 34.4 Å². The van der Waals surface area contributed by atoms with E-state index in [1.54, 1.807) is 6.07 Å². The zero-order valence-electron chi connectivity index (χ0n) is 11.6. The highest BCUT2D eigenvalue weighted by Crippen LogP contribution is 2.10. The quantitative estimate of drug-likeness (QED) is 0.876. The zero-order valence-corrected chi connectivity index (χ0v) is 11.6. The van der Waals surface area contributed by atoms with Crippen molar-refractivity contribution in [3.63, 3.8) is 0 Å². The highest BCUT2D eigenvalue weighted by molar-refractivity contribution is 6.03. The molecule has 1 heterocycles. The third-order valence-corrected chi connectivity index (χ3v) is 2.94. The lowest BCUT2D eigenvalue weighted by Gasteiger charge is -2.12. The summed E-state index contributed by atoms with van der Waals surface area (Å²) in [4.78, 5) is 20.2. The Morgan fingerprint density at radius 2 is 2.00 bits per heavy atom. The van der Waals surface area contributed by atoms with Gasteiger partial charge in [0.05, 0.1) is 0 Å². The van der Waals surface area contributed by atoms with Crippen molar-refractivity contribution in [1.29, 1.82) is 0 Å². The van der Waals surface area contributed by atoms with Crippen molar-refractivity contribution in [3.8, 4) is 0 Å². The largest absolute Gasteiger partial charge is 0.368 e. The fraction of sp³-hybridized carbons (Fsp3) is 0.267. The SMILES string of the molecule is CCC(C)Nc1cc(C(=O)Nc2ccccc2)ncn1. The minimum atomic E-state index is -0.245. The standard InChI is InChI=1S/C15H18N4O/c1-3-11(2)18-14-9-13(16-10-17-14)15(20)19-12-7-5-4-6-8-12/h4-11H,3H2,1-2H3,(H,19,20)(H,16,17,18). The van der Waals surface area contributed by atoms with Crippen molar-refractivity contribution in [1.82, 2.24) is 9.97 Å². The number of anilines is 2.